The van der Waals surface area contributed by atoms with Gasteiger partial charge in [-0.3, -0.25) is 14.4 Å². The van der Waals surface area contributed by atoms with Gasteiger partial charge in [-0.1, -0.05) is 0 Å². The summed E-state index contributed by atoms with van der Waals surface area (Å²) in [5.74, 6) is -0.142. The molecule has 1 saturated heterocycles. The molecular formula is C25H32N4O3. The van der Waals surface area contributed by atoms with Crippen LogP contribution in [0.3, 0.4) is 0 Å². The fourth-order valence-electron chi connectivity index (χ4n) is 3.79. The molecule has 2 N–H and O–H groups in total. The van der Waals surface area contributed by atoms with Crippen LogP contribution in [-0.4, -0.2) is 60.2 Å². The molecule has 0 atom stereocenters. The van der Waals surface area contributed by atoms with Gasteiger partial charge in [0.1, 0.15) is 0 Å². The number of anilines is 2. The van der Waals surface area contributed by atoms with Gasteiger partial charge in [0.25, 0.3) is 11.8 Å². The van der Waals surface area contributed by atoms with Crippen molar-refractivity contribution >= 4 is 29.1 Å². The molecule has 32 heavy (non-hydrogen) atoms. The molecule has 2 aromatic carbocycles. The van der Waals surface area contributed by atoms with Crippen molar-refractivity contribution in [2.75, 3.05) is 43.4 Å². The third-order valence-corrected chi connectivity index (χ3v) is 5.69. The average molecular weight is 437 g/mol. The quantitative estimate of drug-likeness (QED) is 0.659. The van der Waals surface area contributed by atoms with E-state index in [0.29, 0.717) is 29.9 Å². The first-order valence-corrected chi connectivity index (χ1v) is 11.3. The lowest BCUT2D eigenvalue weighted by atomic mass is 10.1. The van der Waals surface area contributed by atoms with E-state index in [1.165, 1.54) is 6.42 Å². The fourth-order valence-corrected chi connectivity index (χ4v) is 3.79. The number of amides is 3. The second-order valence-electron chi connectivity index (χ2n) is 7.89. The Hall–Kier alpha value is -3.35. The molecule has 1 aliphatic rings. The molecule has 0 unspecified atom stereocenters. The lowest BCUT2D eigenvalue weighted by Gasteiger charge is -2.26. The zero-order valence-electron chi connectivity index (χ0n) is 18.9. The monoisotopic (exact) mass is 436 g/mol. The summed E-state index contributed by atoms with van der Waals surface area (Å²) in [5, 5.41) is 5.89. The van der Waals surface area contributed by atoms with Crippen molar-refractivity contribution in [3.8, 4) is 0 Å². The van der Waals surface area contributed by atoms with Gasteiger partial charge in [-0.15, -0.1) is 0 Å². The molecule has 1 fully saturated rings. The van der Waals surface area contributed by atoms with Gasteiger partial charge < -0.3 is 20.4 Å². The highest BCUT2D eigenvalue weighted by Crippen LogP contribution is 2.16. The number of benzene rings is 2. The van der Waals surface area contributed by atoms with E-state index in [0.717, 1.165) is 31.6 Å². The molecule has 0 radical (unpaired) electrons. The van der Waals surface area contributed by atoms with Crippen molar-refractivity contribution in [1.29, 1.82) is 0 Å². The van der Waals surface area contributed by atoms with E-state index < -0.39 is 0 Å². The second kappa shape index (κ2) is 11.3. The zero-order chi connectivity index (χ0) is 22.9. The Balaban J connectivity index is 1.48. The van der Waals surface area contributed by atoms with E-state index >= 15 is 0 Å². The molecular weight excluding hydrogens is 404 g/mol. The van der Waals surface area contributed by atoms with E-state index in [9.17, 15) is 14.4 Å². The molecule has 7 heteroatoms. The maximum atomic E-state index is 12.5. The minimum Gasteiger partial charge on any atom is -0.376 e. The lowest BCUT2D eigenvalue weighted by molar-refractivity contribution is -0.114. The SMILES string of the molecule is CCN(CC)C(=O)c1ccc(NCC(=O)Nc2ccc(C(=O)N3CCCCC3)cc2)cc1. The van der Waals surface area contributed by atoms with Gasteiger partial charge >= 0.3 is 0 Å². The number of nitrogens with zero attached hydrogens (tertiary/aromatic N) is 2. The minimum atomic E-state index is -0.191. The first kappa shape index (κ1) is 23.3. The first-order valence-electron chi connectivity index (χ1n) is 11.3. The Bertz CT molecular complexity index is 915. The van der Waals surface area contributed by atoms with Gasteiger partial charge in [-0.25, -0.2) is 0 Å². The number of hydrogen-bond acceptors (Lipinski definition) is 4. The molecule has 0 saturated carbocycles. The topological polar surface area (TPSA) is 81.8 Å². The summed E-state index contributed by atoms with van der Waals surface area (Å²) in [4.78, 5) is 40.8. The highest BCUT2D eigenvalue weighted by atomic mass is 16.2. The van der Waals surface area contributed by atoms with Crippen LogP contribution in [0.2, 0.25) is 0 Å². The van der Waals surface area contributed by atoms with Crippen LogP contribution in [0.15, 0.2) is 48.5 Å². The van der Waals surface area contributed by atoms with Crippen LogP contribution in [-0.2, 0) is 4.79 Å². The Morgan fingerprint density at radius 2 is 1.38 bits per heavy atom. The number of piperidine rings is 1. The highest BCUT2D eigenvalue weighted by molar-refractivity contribution is 5.97. The predicted octanol–water partition coefficient (Wildman–Crippen LogP) is 3.85. The van der Waals surface area contributed by atoms with E-state index in [2.05, 4.69) is 10.6 Å². The van der Waals surface area contributed by atoms with Crippen LogP contribution in [0.4, 0.5) is 11.4 Å². The van der Waals surface area contributed by atoms with Gasteiger partial charge in [-0.2, -0.15) is 0 Å². The summed E-state index contributed by atoms with van der Waals surface area (Å²) in [6.45, 7) is 6.97. The summed E-state index contributed by atoms with van der Waals surface area (Å²) in [5.41, 5.74) is 2.68. The summed E-state index contributed by atoms with van der Waals surface area (Å²) in [7, 11) is 0. The number of nitrogens with one attached hydrogen (secondary N) is 2. The van der Waals surface area contributed by atoms with Gasteiger partial charge in [-0.05, 0) is 81.6 Å². The van der Waals surface area contributed by atoms with Gasteiger partial charge in [0, 0.05) is 48.7 Å². The summed E-state index contributed by atoms with van der Waals surface area (Å²) >= 11 is 0. The maximum Gasteiger partial charge on any atom is 0.253 e. The number of likely N-dealkylation sites (tertiary alicyclic amines) is 1. The average Bonchev–Trinajstić information content (AvgIpc) is 2.84. The van der Waals surface area contributed by atoms with Crippen LogP contribution in [0.1, 0.15) is 53.8 Å². The van der Waals surface area contributed by atoms with Crippen molar-refractivity contribution in [1.82, 2.24) is 9.80 Å². The molecule has 7 nitrogen and oxygen atoms in total. The molecule has 0 bridgehead atoms. The normalized spacial score (nSPS) is 13.4. The van der Waals surface area contributed by atoms with Crippen LogP contribution in [0.5, 0.6) is 0 Å². The molecule has 1 heterocycles. The molecule has 3 rings (SSSR count). The summed E-state index contributed by atoms with van der Waals surface area (Å²) < 4.78 is 0. The Labute approximate surface area is 189 Å². The van der Waals surface area contributed by atoms with E-state index in [4.69, 9.17) is 0 Å². The largest absolute Gasteiger partial charge is 0.376 e. The number of hydrogen-bond donors (Lipinski definition) is 2. The lowest BCUT2D eigenvalue weighted by Crippen LogP contribution is -2.35. The number of rotatable bonds is 8. The van der Waals surface area contributed by atoms with Crippen LogP contribution < -0.4 is 10.6 Å². The highest BCUT2D eigenvalue weighted by Gasteiger charge is 2.18. The van der Waals surface area contributed by atoms with Crippen LogP contribution in [0, 0.1) is 0 Å². The van der Waals surface area contributed by atoms with Gasteiger partial charge in [0.15, 0.2) is 0 Å². The molecule has 170 valence electrons. The first-order chi connectivity index (χ1) is 15.5. The Kier molecular flexibility index (Phi) is 8.25. The van der Waals surface area contributed by atoms with E-state index in [1.807, 2.05) is 18.7 Å². The van der Waals surface area contributed by atoms with Gasteiger partial charge in [0.2, 0.25) is 5.91 Å². The predicted molar refractivity (Wildman–Crippen MR) is 127 cm³/mol. The molecule has 1 aliphatic heterocycles. The van der Waals surface area contributed by atoms with Crippen molar-refractivity contribution in [2.24, 2.45) is 0 Å². The second-order valence-corrected chi connectivity index (χ2v) is 7.89. The molecule has 2 aromatic rings. The molecule has 0 aromatic heterocycles. The summed E-state index contributed by atoms with van der Waals surface area (Å²) in [6.07, 6.45) is 3.30. The summed E-state index contributed by atoms with van der Waals surface area (Å²) in [6, 6.07) is 14.1. The van der Waals surface area contributed by atoms with Crippen molar-refractivity contribution in [3.05, 3.63) is 59.7 Å². The molecule has 3 amide bonds. The smallest absolute Gasteiger partial charge is 0.253 e. The molecule has 0 spiro atoms. The Morgan fingerprint density at radius 1 is 0.812 bits per heavy atom. The minimum absolute atomic E-state index is 0.00140. The van der Waals surface area contributed by atoms with Crippen LogP contribution in [0.25, 0.3) is 0 Å². The third kappa shape index (κ3) is 6.09. The number of carbonyl (C=O) groups excluding carboxylic acids is 3. The zero-order valence-corrected chi connectivity index (χ0v) is 18.9. The third-order valence-electron chi connectivity index (χ3n) is 5.69. The van der Waals surface area contributed by atoms with Crippen LogP contribution >= 0.6 is 0 Å². The van der Waals surface area contributed by atoms with Gasteiger partial charge in [0.05, 0.1) is 6.54 Å². The van der Waals surface area contributed by atoms with Crippen molar-refractivity contribution in [3.63, 3.8) is 0 Å². The van der Waals surface area contributed by atoms with E-state index in [1.54, 1.807) is 53.4 Å². The number of carbonyl (C=O) groups is 3. The van der Waals surface area contributed by atoms with Crippen molar-refractivity contribution in [2.45, 2.75) is 33.1 Å². The van der Waals surface area contributed by atoms with Crippen molar-refractivity contribution < 1.29 is 14.4 Å². The Morgan fingerprint density at radius 3 is 1.97 bits per heavy atom. The van der Waals surface area contributed by atoms with E-state index in [-0.39, 0.29) is 24.3 Å². The maximum absolute atomic E-state index is 12.5. The fraction of sp³-hybridized carbons (Fsp3) is 0.400. The molecule has 0 aliphatic carbocycles. The standard InChI is InChI=1S/C25H32N4O3/c1-3-28(4-2)24(31)19-8-12-21(13-9-19)26-18-23(30)27-22-14-10-20(11-15-22)25(32)29-16-6-5-7-17-29/h8-15,26H,3-7,16-18H2,1-2H3,(H,27,30).